The molecule has 0 saturated heterocycles. The molecule has 0 atom stereocenters. The number of carbonyl (C=O) groups excluding carboxylic acids is 2. The first kappa shape index (κ1) is 34.9. The van der Waals surface area contributed by atoms with Crippen LogP contribution in [0.2, 0.25) is 0 Å². The van der Waals surface area contributed by atoms with E-state index in [1.54, 1.807) is 22.7 Å². The van der Waals surface area contributed by atoms with Crippen molar-refractivity contribution in [3.05, 3.63) is 78.5 Å². The van der Waals surface area contributed by atoms with E-state index in [4.69, 9.17) is 0 Å². The van der Waals surface area contributed by atoms with Crippen molar-refractivity contribution in [2.45, 2.75) is 129 Å². The van der Waals surface area contributed by atoms with Crippen LogP contribution < -0.4 is 15.3 Å². The molecule has 0 saturated carbocycles. The van der Waals surface area contributed by atoms with Gasteiger partial charge in [-0.2, -0.15) is 0 Å². The third-order valence-electron chi connectivity index (χ3n) is 10.5. The molecule has 4 heterocycles. The van der Waals surface area contributed by atoms with E-state index in [1.807, 2.05) is 6.07 Å². The highest BCUT2D eigenvalue weighted by atomic mass is 32.1. The number of fused-ring (bicyclic) bond motifs is 4. The molecule has 0 fully saturated rings. The number of amides is 2. The lowest BCUT2D eigenvalue weighted by atomic mass is 9.89. The molecule has 48 heavy (non-hydrogen) atoms. The lowest BCUT2D eigenvalue weighted by molar-refractivity contribution is -0.121. The molecule has 0 bridgehead atoms. The summed E-state index contributed by atoms with van der Waals surface area (Å²) in [5.74, 6) is 0.309. The van der Waals surface area contributed by atoms with E-state index in [1.165, 1.54) is 88.2 Å². The first-order valence-electron chi connectivity index (χ1n) is 19.0. The van der Waals surface area contributed by atoms with Crippen molar-refractivity contribution in [1.82, 2.24) is 4.90 Å². The Balaban J connectivity index is 1.32. The summed E-state index contributed by atoms with van der Waals surface area (Å²) in [6.45, 7) is 6.04. The van der Waals surface area contributed by atoms with E-state index >= 15 is 0 Å². The molecule has 256 valence electrons. The van der Waals surface area contributed by atoms with E-state index in [0.717, 1.165) is 94.3 Å². The first-order valence-corrected chi connectivity index (χ1v) is 20.8. The smallest absolute Gasteiger partial charge is 0.260 e. The predicted octanol–water partition coefficient (Wildman–Crippen LogP) is 9.99. The Morgan fingerprint density at radius 2 is 1.06 bits per heavy atom. The van der Waals surface area contributed by atoms with Crippen molar-refractivity contribution in [2.75, 3.05) is 18.0 Å². The summed E-state index contributed by atoms with van der Waals surface area (Å²) >= 11 is 3.32. The van der Waals surface area contributed by atoms with Crippen LogP contribution in [0.5, 0.6) is 0 Å². The first-order chi connectivity index (χ1) is 23.7. The van der Waals surface area contributed by atoms with Crippen LogP contribution in [0.1, 0.15) is 138 Å². The number of rotatable bonds is 20. The summed E-state index contributed by atoms with van der Waals surface area (Å²) in [7, 11) is 0. The zero-order valence-corrected chi connectivity index (χ0v) is 30.9. The number of hydrogen-bond acceptors (Lipinski definition) is 4. The van der Waals surface area contributed by atoms with Crippen LogP contribution in [0, 0.1) is 0 Å². The van der Waals surface area contributed by atoms with Gasteiger partial charge in [0.25, 0.3) is 11.8 Å². The van der Waals surface area contributed by atoms with Crippen LogP contribution >= 0.6 is 22.7 Å². The fourth-order valence-corrected chi connectivity index (χ4v) is 9.55. The van der Waals surface area contributed by atoms with Crippen LogP contribution in [-0.4, -0.2) is 29.8 Å². The second-order valence-electron chi connectivity index (χ2n) is 13.9. The summed E-state index contributed by atoms with van der Waals surface area (Å²) in [5.41, 5.74) is 6.44. The summed E-state index contributed by atoms with van der Waals surface area (Å²) in [6, 6.07) is 12.7. The molecule has 6 rings (SSSR count). The van der Waals surface area contributed by atoms with Gasteiger partial charge >= 0.3 is 0 Å². The van der Waals surface area contributed by atoms with E-state index in [-0.39, 0.29) is 11.8 Å². The predicted molar refractivity (Wildman–Crippen MR) is 205 cm³/mol. The highest BCUT2D eigenvalue weighted by Gasteiger charge is 2.40. The van der Waals surface area contributed by atoms with Gasteiger partial charge in [0, 0.05) is 33.3 Å². The molecular weight excluding hydrogens is 629 g/mol. The Morgan fingerprint density at radius 3 is 1.62 bits per heavy atom. The topological polar surface area (TPSA) is 40.6 Å². The molecule has 1 aliphatic carbocycles. The number of benzene rings is 1. The Morgan fingerprint density at radius 1 is 0.562 bits per heavy atom. The summed E-state index contributed by atoms with van der Waals surface area (Å²) in [5, 5.41) is 6.39. The quantitative estimate of drug-likeness (QED) is 0.111. The van der Waals surface area contributed by atoms with Gasteiger partial charge in [-0.25, -0.2) is 0 Å². The molecule has 0 spiro atoms. The Hall–Kier alpha value is -2.96. The van der Waals surface area contributed by atoms with Crippen molar-refractivity contribution in [3.8, 4) is 0 Å². The number of hydrogen-bond donors (Lipinski definition) is 0. The van der Waals surface area contributed by atoms with Gasteiger partial charge in [0.1, 0.15) is 0 Å². The van der Waals surface area contributed by atoms with Crippen LogP contribution in [0.15, 0.2) is 52.7 Å². The minimum Gasteiger partial charge on any atom is -0.307 e. The third kappa shape index (κ3) is 7.45. The number of unbranched alkanes of at least 4 members (excludes halogenated alkanes) is 14. The van der Waals surface area contributed by atoms with Gasteiger partial charge in [-0.05, 0) is 59.7 Å². The minimum absolute atomic E-state index is 0.146. The second-order valence-corrected chi connectivity index (χ2v) is 15.8. The van der Waals surface area contributed by atoms with Crippen molar-refractivity contribution >= 4 is 57.0 Å². The molecule has 2 aromatic heterocycles. The van der Waals surface area contributed by atoms with Crippen molar-refractivity contribution in [2.24, 2.45) is 0 Å². The molecule has 0 N–H and O–H groups in total. The molecule has 2 aliphatic heterocycles. The Bertz CT molecular complexity index is 1700. The Labute approximate surface area is 296 Å². The number of anilines is 1. The summed E-state index contributed by atoms with van der Waals surface area (Å²) in [6.07, 6.45) is 21.6. The maximum atomic E-state index is 14.2. The minimum atomic E-state index is 0.146. The maximum absolute atomic E-state index is 14.2. The molecule has 6 heteroatoms. The molecule has 0 radical (unpaired) electrons. The van der Waals surface area contributed by atoms with Gasteiger partial charge in [-0.15, -0.1) is 22.7 Å². The monoisotopic (exact) mass is 682 g/mol. The van der Waals surface area contributed by atoms with Crippen LogP contribution in [-0.2, 0) is 16.0 Å². The van der Waals surface area contributed by atoms with E-state index < -0.39 is 0 Å². The Kier molecular flexibility index (Phi) is 12.4. The molecule has 0 unspecified atom stereocenters. The highest BCUT2D eigenvalue weighted by molar-refractivity contribution is 7.11. The molecule has 2 amide bonds. The maximum Gasteiger partial charge on any atom is 0.260 e. The molecular formula is C42H54N2O2S2. The standard InChI is InChI=1S/C42H54N2O2S2/c1-3-5-7-9-11-13-15-17-27-43-39-31-23-26-34-38(36-22-20-30-48-36)42(46)44(28-18-16-14-12-10-8-6-4-2)40(34)32(31)24-25-33(39)37(41(43)45)35-21-19-29-47-35/h19-23,26,29-30H,3-18,24-25,27-28H2,1-2H3. The largest absolute Gasteiger partial charge is 0.307 e. The van der Waals surface area contributed by atoms with Crippen molar-refractivity contribution in [1.29, 1.82) is 0 Å². The third-order valence-corrected chi connectivity index (χ3v) is 12.3. The van der Waals surface area contributed by atoms with Gasteiger partial charge in [-0.3, -0.25) is 9.59 Å². The number of thiophene rings is 2. The molecule has 4 nitrogen and oxygen atoms in total. The fourth-order valence-electron chi connectivity index (χ4n) is 7.99. The van der Waals surface area contributed by atoms with Gasteiger partial charge in [0.2, 0.25) is 0 Å². The highest BCUT2D eigenvalue weighted by Crippen LogP contribution is 2.43. The SMILES string of the molecule is CCCCCCCCCCN1C(=O)C(c2cccs2)=C2CCc3c4c(ccc3=C21)=C(c1cccs1)C(=O)N4CCCCCCCCCC. The van der Waals surface area contributed by atoms with Gasteiger partial charge in [-0.1, -0.05) is 128 Å². The summed E-state index contributed by atoms with van der Waals surface area (Å²) < 4.78 is 0. The van der Waals surface area contributed by atoms with Crippen molar-refractivity contribution < 1.29 is 9.59 Å². The van der Waals surface area contributed by atoms with E-state index in [0.29, 0.717) is 0 Å². The lowest BCUT2D eigenvalue weighted by Crippen LogP contribution is -2.36. The van der Waals surface area contributed by atoms with E-state index in [9.17, 15) is 9.59 Å². The molecule has 1 aromatic carbocycles. The van der Waals surface area contributed by atoms with Crippen LogP contribution in [0.25, 0.3) is 16.8 Å². The number of carbonyl (C=O) groups is 2. The van der Waals surface area contributed by atoms with Gasteiger partial charge in [0.05, 0.1) is 22.5 Å². The second kappa shape index (κ2) is 17.1. The summed E-state index contributed by atoms with van der Waals surface area (Å²) in [4.78, 5) is 34.8. The van der Waals surface area contributed by atoms with Crippen LogP contribution in [0.3, 0.4) is 0 Å². The van der Waals surface area contributed by atoms with Crippen LogP contribution in [0.4, 0.5) is 5.69 Å². The number of nitrogens with zero attached hydrogens (tertiary/aromatic N) is 2. The normalized spacial score (nSPS) is 15.6. The average molecular weight is 683 g/mol. The fraction of sp³-hybridized carbons (Fsp3) is 0.524. The van der Waals surface area contributed by atoms with E-state index in [2.05, 4.69) is 64.7 Å². The average Bonchev–Trinajstić information content (AvgIpc) is 3.90. The molecule has 3 aromatic rings. The zero-order chi connectivity index (χ0) is 33.3. The zero-order valence-electron chi connectivity index (χ0n) is 29.3. The van der Waals surface area contributed by atoms with Gasteiger partial charge < -0.3 is 9.80 Å². The van der Waals surface area contributed by atoms with Crippen molar-refractivity contribution in [3.63, 3.8) is 0 Å². The van der Waals surface area contributed by atoms with Gasteiger partial charge in [0.15, 0.2) is 0 Å². The lowest BCUT2D eigenvalue weighted by Gasteiger charge is -2.27. The molecule has 3 aliphatic rings.